The number of amides is 1. The molecule has 0 saturated carbocycles. The highest BCUT2D eigenvalue weighted by Crippen LogP contribution is 2.03. The number of rotatable bonds is 2. The van der Waals surface area contributed by atoms with Crippen LogP contribution in [0.25, 0.3) is 0 Å². The predicted molar refractivity (Wildman–Crippen MR) is 54.0 cm³/mol. The molecule has 2 rings (SSSR count). The fourth-order valence-electron chi connectivity index (χ4n) is 1.27. The number of carbonyl (C=O) groups excluding carboxylic acids is 1. The molecule has 1 aliphatic heterocycles. The summed E-state index contributed by atoms with van der Waals surface area (Å²) >= 11 is 0. The van der Waals surface area contributed by atoms with Crippen LogP contribution >= 0.6 is 0 Å². The molecule has 6 nitrogen and oxygen atoms in total. The Balaban J connectivity index is 1.99. The third kappa shape index (κ3) is 2.16. The maximum Gasteiger partial charge on any atom is 0.305 e. The fraction of sp³-hybridized carbons (Fsp3) is 0.333. The van der Waals surface area contributed by atoms with E-state index >= 15 is 0 Å². The van der Waals surface area contributed by atoms with E-state index in [9.17, 15) is 4.79 Å². The van der Waals surface area contributed by atoms with E-state index in [4.69, 9.17) is 10.2 Å². The van der Waals surface area contributed by atoms with E-state index < -0.39 is 0 Å². The van der Waals surface area contributed by atoms with Crippen molar-refractivity contribution in [2.45, 2.75) is 12.6 Å². The Hall–Kier alpha value is -1.82. The molecule has 80 valence electrons. The summed E-state index contributed by atoms with van der Waals surface area (Å²) in [7, 11) is 0. The summed E-state index contributed by atoms with van der Waals surface area (Å²) in [5, 5.41) is 1.48. The second kappa shape index (κ2) is 4.14. The van der Waals surface area contributed by atoms with E-state index in [0.717, 1.165) is 6.42 Å². The van der Waals surface area contributed by atoms with Crippen LogP contribution in [0.15, 0.2) is 27.8 Å². The number of nitrogens with zero attached hydrogens (tertiary/aromatic N) is 2. The van der Waals surface area contributed by atoms with Gasteiger partial charge in [0.05, 0.1) is 6.26 Å². The lowest BCUT2D eigenvalue weighted by molar-refractivity contribution is 0.0801. The third-order valence-electron chi connectivity index (χ3n) is 2.09. The second-order valence-corrected chi connectivity index (χ2v) is 3.20. The molecule has 1 amide bonds. The average molecular weight is 208 g/mol. The molecule has 1 atom stereocenters. The zero-order valence-electron chi connectivity index (χ0n) is 8.09. The van der Waals surface area contributed by atoms with E-state index in [0.29, 0.717) is 6.54 Å². The highest BCUT2D eigenvalue weighted by molar-refractivity contribution is 5.91. The first kappa shape index (κ1) is 9.72. The number of hydrogen-bond acceptors (Lipinski definition) is 5. The summed E-state index contributed by atoms with van der Waals surface area (Å²) in [6, 6.07) is 3.24. The van der Waals surface area contributed by atoms with Crippen LogP contribution in [0.5, 0.6) is 0 Å². The van der Waals surface area contributed by atoms with Crippen LogP contribution < -0.4 is 11.2 Å². The van der Waals surface area contributed by atoms with Gasteiger partial charge >= 0.3 is 5.91 Å². The lowest BCUT2D eigenvalue weighted by Gasteiger charge is -2.28. The van der Waals surface area contributed by atoms with E-state index in [2.05, 4.69) is 10.4 Å². The monoisotopic (exact) mass is 208 g/mol. The van der Waals surface area contributed by atoms with Crippen molar-refractivity contribution in [3.8, 4) is 0 Å². The lowest BCUT2D eigenvalue weighted by Crippen LogP contribution is -2.53. The molecule has 6 heteroatoms. The molecule has 1 aromatic rings. The van der Waals surface area contributed by atoms with E-state index in [-0.39, 0.29) is 17.8 Å². The van der Waals surface area contributed by atoms with Gasteiger partial charge in [0.25, 0.3) is 0 Å². The predicted octanol–water partition coefficient (Wildman–Crippen LogP) is -0.0568. The Morgan fingerprint density at radius 3 is 3.27 bits per heavy atom. The summed E-state index contributed by atoms with van der Waals surface area (Å²) in [6.07, 6.45) is 3.45. The number of nitrogens with one attached hydrogen (secondary N) is 1. The van der Waals surface area contributed by atoms with Crippen molar-refractivity contribution in [2.75, 3.05) is 6.54 Å². The Kier molecular flexibility index (Phi) is 2.68. The van der Waals surface area contributed by atoms with Crippen LogP contribution in [0.2, 0.25) is 0 Å². The van der Waals surface area contributed by atoms with Crippen molar-refractivity contribution in [1.82, 2.24) is 10.4 Å². The second-order valence-electron chi connectivity index (χ2n) is 3.20. The molecule has 0 aliphatic carbocycles. The molecule has 0 saturated heterocycles. The van der Waals surface area contributed by atoms with Crippen LogP contribution in [0.4, 0.5) is 0 Å². The number of aliphatic imine (C=N–C) groups is 1. The number of furan rings is 1. The van der Waals surface area contributed by atoms with Gasteiger partial charge in [-0.15, -0.1) is 0 Å². The normalized spacial score (nSPS) is 20.3. The van der Waals surface area contributed by atoms with Crippen LogP contribution in [-0.2, 0) is 0 Å². The molecule has 15 heavy (non-hydrogen) atoms. The summed E-state index contributed by atoms with van der Waals surface area (Å²) in [4.78, 5) is 15.6. The van der Waals surface area contributed by atoms with Gasteiger partial charge in [-0.1, -0.05) is 0 Å². The fourth-order valence-corrected chi connectivity index (χ4v) is 1.27. The maximum absolute atomic E-state index is 11.6. The molecular formula is C9H12N4O2. The maximum atomic E-state index is 11.6. The highest BCUT2D eigenvalue weighted by Gasteiger charge is 2.18. The lowest BCUT2D eigenvalue weighted by atomic mass is 10.3. The van der Waals surface area contributed by atoms with Gasteiger partial charge in [-0.25, -0.2) is 0 Å². The van der Waals surface area contributed by atoms with Gasteiger partial charge < -0.3 is 10.2 Å². The molecule has 0 unspecified atom stereocenters. The first-order valence-corrected chi connectivity index (χ1v) is 4.66. The van der Waals surface area contributed by atoms with Gasteiger partial charge in [0.1, 0.15) is 12.5 Å². The van der Waals surface area contributed by atoms with Crippen LogP contribution in [0.1, 0.15) is 17.0 Å². The van der Waals surface area contributed by atoms with Crippen molar-refractivity contribution in [1.29, 1.82) is 0 Å². The number of hydrogen-bond donors (Lipinski definition) is 2. The van der Waals surface area contributed by atoms with Crippen LogP contribution in [-0.4, -0.2) is 30.0 Å². The van der Waals surface area contributed by atoms with Crippen molar-refractivity contribution < 1.29 is 9.21 Å². The summed E-state index contributed by atoms with van der Waals surface area (Å²) in [5.74, 6) is -0.0787. The van der Waals surface area contributed by atoms with Gasteiger partial charge in [0.2, 0.25) is 0 Å². The SMILES string of the molecule is N[C@@H]1CCN=CN1NC(=O)c1ccco1. The van der Waals surface area contributed by atoms with Gasteiger partial charge in [0.15, 0.2) is 5.76 Å². The third-order valence-corrected chi connectivity index (χ3v) is 2.09. The van der Waals surface area contributed by atoms with Crippen molar-refractivity contribution in [2.24, 2.45) is 10.7 Å². The Morgan fingerprint density at radius 1 is 1.73 bits per heavy atom. The van der Waals surface area contributed by atoms with E-state index in [1.807, 2.05) is 0 Å². The highest BCUT2D eigenvalue weighted by atomic mass is 16.3. The quantitative estimate of drug-likeness (QED) is 0.713. The molecule has 0 bridgehead atoms. The minimum atomic E-state index is -0.330. The zero-order chi connectivity index (χ0) is 10.7. The molecule has 2 heterocycles. The Morgan fingerprint density at radius 2 is 2.60 bits per heavy atom. The van der Waals surface area contributed by atoms with Gasteiger partial charge in [0, 0.05) is 13.0 Å². The summed E-state index contributed by atoms with van der Waals surface area (Å²) < 4.78 is 4.95. The molecule has 1 aromatic heterocycles. The Labute approximate surface area is 86.7 Å². The van der Waals surface area contributed by atoms with E-state index in [1.54, 1.807) is 12.1 Å². The van der Waals surface area contributed by atoms with Crippen LogP contribution in [0, 0.1) is 0 Å². The number of nitrogens with two attached hydrogens (primary N) is 1. The first-order chi connectivity index (χ1) is 7.27. The van der Waals surface area contributed by atoms with Gasteiger partial charge in [-0.3, -0.25) is 20.2 Å². The zero-order valence-corrected chi connectivity index (χ0v) is 8.09. The molecule has 3 N–H and O–H groups in total. The van der Waals surface area contributed by atoms with E-state index in [1.165, 1.54) is 17.6 Å². The van der Waals surface area contributed by atoms with Crippen molar-refractivity contribution in [3.63, 3.8) is 0 Å². The number of carbonyl (C=O) groups is 1. The van der Waals surface area contributed by atoms with Gasteiger partial charge in [-0.05, 0) is 12.1 Å². The molecule has 0 aromatic carbocycles. The standard InChI is InChI=1S/C9H12N4O2/c10-8-3-4-11-6-13(8)12-9(14)7-2-1-5-15-7/h1-2,5-6,8H,3-4,10H2,(H,12,14)/t8-/m0/s1. The van der Waals surface area contributed by atoms with Crippen molar-refractivity contribution in [3.05, 3.63) is 24.2 Å². The molecule has 0 spiro atoms. The average Bonchev–Trinajstić information content (AvgIpc) is 2.74. The largest absolute Gasteiger partial charge is 0.459 e. The smallest absolute Gasteiger partial charge is 0.305 e. The summed E-state index contributed by atoms with van der Waals surface area (Å²) in [6.45, 7) is 0.689. The minimum absolute atomic E-state index is 0.235. The topological polar surface area (TPSA) is 83.9 Å². The first-order valence-electron chi connectivity index (χ1n) is 4.66. The number of hydrazine groups is 1. The Bertz CT molecular complexity index is 360. The molecule has 1 aliphatic rings. The molecule has 0 fully saturated rings. The molecular weight excluding hydrogens is 196 g/mol. The molecule has 0 radical (unpaired) electrons. The minimum Gasteiger partial charge on any atom is -0.459 e. The van der Waals surface area contributed by atoms with Crippen molar-refractivity contribution >= 4 is 12.2 Å². The van der Waals surface area contributed by atoms with Gasteiger partial charge in [-0.2, -0.15) is 0 Å². The summed E-state index contributed by atoms with van der Waals surface area (Å²) in [5.41, 5.74) is 8.37. The van der Waals surface area contributed by atoms with Crippen LogP contribution in [0.3, 0.4) is 0 Å².